The summed E-state index contributed by atoms with van der Waals surface area (Å²) in [5, 5.41) is 3.96. The van der Waals surface area contributed by atoms with E-state index in [1.54, 1.807) is 6.92 Å². The number of esters is 1. The maximum Gasteiger partial charge on any atom is 0.374 e. The average molecular weight is 357 g/mol. The molecule has 0 unspecified atom stereocenters. The van der Waals surface area contributed by atoms with Crippen LogP contribution in [0.2, 0.25) is 0 Å². The predicted octanol–water partition coefficient (Wildman–Crippen LogP) is 4.23. The number of benzene rings is 1. The second kappa shape index (κ2) is 7.94. The molecule has 1 aliphatic carbocycles. The maximum absolute atomic E-state index is 12.9. The summed E-state index contributed by atoms with van der Waals surface area (Å²) in [6, 6.07) is 1.27. The molecule has 0 atom stereocenters. The molecular weight excluding hydrogens is 330 g/mol. The van der Waals surface area contributed by atoms with Gasteiger partial charge in [0.1, 0.15) is 5.58 Å². The lowest BCUT2D eigenvalue weighted by Gasteiger charge is -2.25. The van der Waals surface area contributed by atoms with Crippen molar-refractivity contribution in [3.05, 3.63) is 38.7 Å². The standard InChI is InChI=1S/C21H27NO4/c1-4-9-15-13-10-7-8-11-14(13)19(22-5-2)18-16(23)12-17(26-20(15)18)21(24)25-6-3/h12,22H,4-11H2,1-3H3. The van der Waals surface area contributed by atoms with Crippen molar-refractivity contribution < 1.29 is 13.9 Å². The summed E-state index contributed by atoms with van der Waals surface area (Å²) in [4.78, 5) is 25.1. The molecule has 1 aliphatic rings. The number of fused-ring (bicyclic) bond motifs is 2. The quantitative estimate of drug-likeness (QED) is 0.784. The molecule has 0 saturated heterocycles. The van der Waals surface area contributed by atoms with Gasteiger partial charge < -0.3 is 14.5 Å². The monoisotopic (exact) mass is 357 g/mol. The van der Waals surface area contributed by atoms with Gasteiger partial charge >= 0.3 is 5.97 Å². The highest BCUT2D eigenvalue weighted by molar-refractivity contribution is 5.97. The van der Waals surface area contributed by atoms with Crippen LogP contribution in [0.25, 0.3) is 11.0 Å². The van der Waals surface area contributed by atoms with Gasteiger partial charge in [-0.25, -0.2) is 4.79 Å². The van der Waals surface area contributed by atoms with Gasteiger partial charge in [-0.05, 0) is 62.6 Å². The predicted molar refractivity (Wildman–Crippen MR) is 103 cm³/mol. The molecule has 0 amide bonds. The number of hydrogen-bond donors (Lipinski definition) is 1. The van der Waals surface area contributed by atoms with E-state index in [0.717, 1.165) is 56.3 Å². The number of ether oxygens (including phenoxy) is 1. The van der Waals surface area contributed by atoms with Gasteiger partial charge in [0.25, 0.3) is 0 Å². The lowest BCUT2D eigenvalue weighted by atomic mass is 9.83. The highest BCUT2D eigenvalue weighted by atomic mass is 16.5. The van der Waals surface area contributed by atoms with Gasteiger partial charge in [-0.1, -0.05) is 13.3 Å². The van der Waals surface area contributed by atoms with Crippen molar-refractivity contribution in [1.29, 1.82) is 0 Å². The molecule has 0 bridgehead atoms. The van der Waals surface area contributed by atoms with Crippen molar-refractivity contribution in [2.75, 3.05) is 18.5 Å². The van der Waals surface area contributed by atoms with Crippen molar-refractivity contribution in [3.8, 4) is 0 Å². The van der Waals surface area contributed by atoms with E-state index in [1.165, 1.54) is 17.2 Å². The number of rotatable bonds is 6. The van der Waals surface area contributed by atoms with Gasteiger partial charge in [0.05, 0.1) is 17.7 Å². The molecule has 1 aromatic heterocycles. The van der Waals surface area contributed by atoms with Crippen molar-refractivity contribution in [2.45, 2.75) is 59.3 Å². The Morgan fingerprint density at radius 1 is 1.19 bits per heavy atom. The highest BCUT2D eigenvalue weighted by Gasteiger charge is 2.25. The van der Waals surface area contributed by atoms with Crippen LogP contribution >= 0.6 is 0 Å². The van der Waals surface area contributed by atoms with Gasteiger partial charge in [0, 0.05) is 12.6 Å². The van der Waals surface area contributed by atoms with E-state index in [-0.39, 0.29) is 17.8 Å². The van der Waals surface area contributed by atoms with E-state index in [0.29, 0.717) is 11.0 Å². The van der Waals surface area contributed by atoms with Crippen LogP contribution in [0.4, 0.5) is 5.69 Å². The molecule has 5 nitrogen and oxygen atoms in total. The summed E-state index contributed by atoms with van der Waals surface area (Å²) >= 11 is 0. The molecule has 0 aliphatic heterocycles. The zero-order chi connectivity index (χ0) is 18.7. The first-order valence-electron chi connectivity index (χ1n) is 9.67. The number of carbonyl (C=O) groups excluding carboxylic acids is 1. The average Bonchev–Trinajstić information content (AvgIpc) is 2.64. The summed E-state index contributed by atoms with van der Waals surface area (Å²) in [6.07, 6.45) is 6.03. The first-order valence-corrected chi connectivity index (χ1v) is 9.67. The van der Waals surface area contributed by atoms with Gasteiger partial charge in [-0.2, -0.15) is 0 Å². The molecule has 0 radical (unpaired) electrons. The van der Waals surface area contributed by atoms with E-state index >= 15 is 0 Å². The summed E-state index contributed by atoms with van der Waals surface area (Å²) in [5.74, 6) is -0.600. The molecule has 1 heterocycles. The Balaban J connectivity index is 2.37. The second-order valence-corrected chi connectivity index (χ2v) is 6.70. The Morgan fingerprint density at radius 2 is 1.92 bits per heavy atom. The third-order valence-corrected chi connectivity index (χ3v) is 4.94. The van der Waals surface area contributed by atoms with Crippen LogP contribution < -0.4 is 10.7 Å². The Morgan fingerprint density at radius 3 is 2.58 bits per heavy atom. The Bertz CT molecular complexity index is 882. The molecule has 0 fully saturated rings. The molecule has 1 aromatic carbocycles. The van der Waals surface area contributed by atoms with Crippen molar-refractivity contribution >= 4 is 22.6 Å². The minimum absolute atomic E-state index is 0.0140. The molecule has 0 spiro atoms. The molecule has 5 heteroatoms. The molecule has 3 rings (SSSR count). The molecule has 26 heavy (non-hydrogen) atoms. The van der Waals surface area contributed by atoms with E-state index in [9.17, 15) is 9.59 Å². The molecule has 2 aromatic rings. The largest absolute Gasteiger partial charge is 0.460 e. The van der Waals surface area contributed by atoms with Crippen LogP contribution in [0.5, 0.6) is 0 Å². The zero-order valence-electron chi connectivity index (χ0n) is 15.9. The number of carbonyl (C=O) groups is 1. The number of hydrogen-bond acceptors (Lipinski definition) is 5. The van der Waals surface area contributed by atoms with Crippen LogP contribution in [0, 0.1) is 0 Å². The third-order valence-electron chi connectivity index (χ3n) is 4.94. The second-order valence-electron chi connectivity index (χ2n) is 6.70. The minimum atomic E-state index is -0.586. The molecule has 140 valence electrons. The molecular formula is C21H27NO4. The fraction of sp³-hybridized carbons (Fsp3) is 0.524. The Hall–Kier alpha value is -2.30. The lowest BCUT2D eigenvalue weighted by Crippen LogP contribution is -2.17. The highest BCUT2D eigenvalue weighted by Crippen LogP contribution is 2.38. The van der Waals surface area contributed by atoms with E-state index in [4.69, 9.17) is 9.15 Å². The maximum atomic E-state index is 12.9. The first-order chi connectivity index (χ1) is 12.6. The smallest absolute Gasteiger partial charge is 0.374 e. The number of anilines is 1. The van der Waals surface area contributed by atoms with E-state index in [2.05, 4.69) is 12.2 Å². The van der Waals surface area contributed by atoms with Crippen molar-refractivity contribution in [1.82, 2.24) is 0 Å². The SMILES string of the molecule is CCCc1c2c(c(NCC)c3c(=O)cc(C(=O)OCC)oc13)CCCC2. The van der Waals surface area contributed by atoms with Crippen LogP contribution in [-0.2, 0) is 24.0 Å². The summed E-state index contributed by atoms with van der Waals surface area (Å²) < 4.78 is 11.0. The van der Waals surface area contributed by atoms with Crippen LogP contribution in [0.1, 0.15) is 67.3 Å². The summed E-state index contributed by atoms with van der Waals surface area (Å²) in [5.41, 5.74) is 4.90. The summed E-state index contributed by atoms with van der Waals surface area (Å²) in [7, 11) is 0. The number of nitrogens with one attached hydrogen (secondary N) is 1. The topological polar surface area (TPSA) is 68.5 Å². The van der Waals surface area contributed by atoms with E-state index < -0.39 is 5.97 Å². The molecule has 0 saturated carbocycles. The van der Waals surface area contributed by atoms with Gasteiger partial charge in [-0.15, -0.1) is 0 Å². The third kappa shape index (κ3) is 3.22. The molecule has 1 N–H and O–H groups in total. The van der Waals surface area contributed by atoms with Crippen LogP contribution in [0.3, 0.4) is 0 Å². The number of aryl methyl sites for hydroxylation is 1. The summed E-state index contributed by atoms with van der Waals surface area (Å²) in [6.45, 7) is 6.85. The normalized spacial score (nSPS) is 13.5. The lowest BCUT2D eigenvalue weighted by molar-refractivity contribution is 0.0490. The Kier molecular flexibility index (Phi) is 5.64. The van der Waals surface area contributed by atoms with E-state index in [1.807, 2.05) is 6.92 Å². The minimum Gasteiger partial charge on any atom is -0.460 e. The zero-order valence-corrected chi connectivity index (χ0v) is 15.9. The van der Waals surface area contributed by atoms with Crippen molar-refractivity contribution in [2.24, 2.45) is 0 Å². The van der Waals surface area contributed by atoms with Crippen LogP contribution in [0.15, 0.2) is 15.3 Å². The van der Waals surface area contributed by atoms with Gasteiger partial charge in [-0.3, -0.25) is 4.79 Å². The van der Waals surface area contributed by atoms with Crippen LogP contribution in [-0.4, -0.2) is 19.1 Å². The van der Waals surface area contributed by atoms with Gasteiger partial charge in [0.15, 0.2) is 5.43 Å². The van der Waals surface area contributed by atoms with Crippen molar-refractivity contribution in [3.63, 3.8) is 0 Å². The first kappa shape index (κ1) is 18.5. The Labute approximate surface area is 153 Å². The fourth-order valence-electron chi connectivity index (χ4n) is 3.93. The van der Waals surface area contributed by atoms with Gasteiger partial charge in [0.2, 0.25) is 5.76 Å². The fourth-order valence-corrected chi connectivity index (χ4v) is 3.93.